The lowest BCUT2D eigenvalue weighted by molar-refractivity contribution is -0.116. The second-order valence-electron chi connectivity index (χ2n) is 5.58. The van der Waals surface area contributed by atoms with Gasteiger partial charge < -0.3 is 19.5 Å². The van der Waals surface area contributed by atoms with Gasteiger partial charge in [-0.2, -0.15) is 8.78 Å². The van der Waals surface area contributed by atoms with E-state index in [1.807, 2.05) is 12.1 Å². The molecule has 0 aliphatic heterocycles. The predicted molar refractivity (Wildman–Crippen MR) is 103 cm³/mol. The molecule has 0 fully saturated rings. The molecular formula is C21H21F2NO4. The molecule has 7 heteroatoms. The minimum absolute atomic E-state index is 0.0620. The molecule has 5 nitrogen and oxygen atoms in total. The van der Waals surface area contributed by atoms with Crippen LogP contribution >= 0.6 is 0 Å². The van der Waals surface area contributed by atoms with Crippen LogP contribution in [0.2, 0.25) is 0 Å². The van der Waals surface area contributed by atoms with Gasteiger partial charge in [0.2, 0.25) is 5.91 Å². The minimum Gasteiger partial charge on any atom is -0.493 e. The van der Waals surface area contributed by atoms with Crippen LogP contribution in [-0.2, 0) is 11.3 Å². The van der Waals surface area contributed by atoms with Gasteiger partial charge in [0.05, 0.1) is 7.11 Å². The fourth-order valence-electron chi connectivity index (χ4n) is 2.27. The molecule has 2 rings (SSSR count). The maximum atomic E-state index is 12.3. The van der Waals surface area contributed by atoms with Crippen LogP contribution in [0.5, 0.6) is 17.2 Å². The fourth-order valence-corrected chi connectivity index (χ4v) is 2.27. The molecule has 0 atom stereocenters. The van der Waals surface area contributed by atoms with Crippen LogP contribution in [0.3, 0.4) is 0 Å². The molecule has 28 heavy (non-hydrogen) atoms. The Balaban J connectivity index is 1.89. The predicted octanol–water partition coefficient (Wildman–Crippen LogP) is 4.19. The summed E-state index contributed by atoms with van der Waals surface area (Å²) >= 11 is 0. The van der Waals surface area contributed by atoms with Crippen LogP contribution in [0.25, 0.3) is 6.08 Å². The largest absolute Gasteiger partial charge is 0.493 e. The van der Waals surface area contributed by atoms with Gasteiger partial charge in [-0.15, -0.1) is 0 Å². The summed E-state index contributed by atoms with van der Waals surface area (Å²) in [6.45, 7) is 1.28. The van der Waals surface area contributed by atoms with Crippen LogP contribution in [0, 0.1) is 0 Å². The first kappa shape index (κ1) is 21.0. The molecule has 2 aromatic rings. The normalized spacial score (nSPS) is 10.7. The number of methoxy groups -OCH3 is 1. The Labute approximate surface area is 162 Å². The van der Waals surface area contributed by atoms with E-state index in [-0.39, 0.29) is 24.0 Å². The van der Waals surface area contributed by atoms with Crippen LogP contribution in [0.4, 0.5) is 8.78 Å². The standard InChI is InChI=1S/C21H21F2NO4/c1-3-12-27-17-8-4-15(5-9-17)7-11-20(25)24-14-16-6-10-18(28-21(22)23)19(13-16)26-2/h3-11,13,21H,1,12,14H2,2H3,(H,24,25)/b11-7+. The van der Waals surface area contributed by atoms with Gasteiger partial charge in [0.25, 0.3) is 0 Å². The fraction of sp³-hybridized carbons (Fsp3) is 0.190. The minimum atomic E-state index is -2.94. The molecule has 0 aliphatic carbocycles. The van der Waals surface area contributed by atoms with Crippen molar-refractivity contribution in [2.75, 3.05) is 13.7 Å². The number of rotatable bonds is 10. The van der Waals surface area contributed by atoms with Gasteiger partial charge in [-0.3, -0.25) is 4.79 Å². The lowest BCUT2D eigenvalue weighted by Gasteiger charge is -2.11. The molecule has 0 radical (unpaired) electrons. The molecule has 0 aromatic heterocycles. The molecule has 0 heterocycles. The van der Waals surface area contributed by atoms with E-state index >= 15 is 0 Å². The van der Waals surface area contributed by atoms with Gasteiger partial charge in [0, 0.05) is 12.6 Å². The number of ether oxygens (including phenoxy) is 3. The van der Waals surface area contributed by atoms with Gasteiger partial charge in [-0.1, -0.05) is 30.9 Å². The van der Waals surface area contributed by atoms with E-state index in [9.17, 15) is 13.6 Å². The number of halogens is 2. The number of benzene rings is 2. The first-order valence-corrected chi connectivity index (χ1v) is 8.43. The van der Waals surface area contributed by atoms with Crippen LogP contribution < -0.4 is 19.5 Å². The second-order valence-corrected chi connectivity index (χ2v) is 5.58. The van der Waals surface area contributed by atoms with Crippen LogP contribution in [0.1, 0.15) is 11.1 Å². The third-order valence-electron chi connectivity index (χ3n) is 3.59. The van der Waals surface area contributed by atoms with Gasteiger partial charge in [-0.05, 0) is 41.5 Å². The summed E-state index contributed by atoms with van der Waals surface area (Å²) < 4.78 is 39.5. The zero-order valence-electron chi connectivity index (χ0n) is 15.4. The number of hydrogen-bond donors (Lipinski definition) is 1. The Bertz CT molecular complexity index is 820. The van der Waals surface area contributed by atoms with Crippen molar-refractivity contribution >= 4 is 12.0 Å². The first-order valence-electron chi connectivity index (χ1n) is 8.43. The van der Waals surface area contributed by atoms with Crippen molar-refractivity contribution in [1.29, 1.82) is 0 Å². The zero-order valence-corrected chi connectivity index (χ0v) is 15.4. The molecule has 148 valence electrons. The number of hydrogen-bond acceptors (Lipinski definition) is 4. The number of amides is 1. The molecule has 2 aromatic carbocycles. The van der Waals surface area contributed by atoms with E-state index in [2.05, 4.69) is 16.6 Å². The van der Waals surface area contributed by atoms with E-state index < -0.39 is 6.61 Å². The lowest BCUT2D eigenvalue weighted by atomic mass is 10.2. The summed E-state index contributed by atoms with van der Waals surface area (Å²) in [5, 5.41) is 2.71. The average Bonchev–Trinajstić information content (AvgIpc) is 2.70. The van der Waals surface area contributed by atoms with Crippen molar-refractivity contribution in [3.63, 3.8) is 0 Å². The summed E-state index contributed by atoms with van der Waals surface area (Å²) in [7, 11) is 1.35. The molecular weight excluding hydrogens is 368 g/mol. The smallest absolute Gasteiger partial charge is 0.387 e. The maximum absolute atomic E-state index is 12.3. The van der Waals surface area contributed by atoms with Crippen molar-refractivity contribution in [1.82, 2.24) is 5.32 Å². The molecule has 0 unspecified atom stereocenters. The monoisotopic (exact) mass is 389 g/mol. The molecule has 1 N–H and O–H groups in total. The van der Waals surface area contributed by atoms with Gasteiger partial charge in [0.15, 0.2) is 11.5 Å². The summed E-state index contributed by atoms with van der Waals surface area (Å²) in [6.07, 6.45) is 4.74. The topological polar surface area (TPSA) is 56.8 Å². The van der Waals surface area contributed by atoms with Gasteiger partial charge in [-0.25, -0.2) is 0 Å². The number of carbonyl (C=O) groups excluding carboxylic acids is 1. The summed E-state index contributed by atoms with van der Waals surface area (Å²) in [6, 6.07) is 11.7. The highest BCUT2D eigenvalue weighted by molar-refractivity contribution is 5.91. The SMILES string of the molecule is C=CCOc1ccc(/C=C/C(=O)NCc2ccc(OC(F)F)c(OC)c2)cc1. The molecule has 0 aliphatic rings. The van der Waals surface area contributed by atoms with Crippen LogP contribution in [0.15, 0.2) is 61.2 Å². The van der Waals surface area contributed by atoms with Crippen molar-refractivity contribution in [2.45, 2.75) is 13.2 Å². The third kappa shape index (κ3) is 6.75. The van der Waals surface area contributed by atoms with E-state index in [1.165, 1.54) is 25.3 Å². The van der Waals surface area contributed by atoms with Gasteiger partial charge in [0.1, 0.15) is 12.4 Å². The Kier molecular flexibility index (Phi) is 8.02. The van der Waals surface area contributed by atoms with E-state index in [4.69, 9.17) is 9.47 Å². The Morgan fingerprint density at radius 1 is 1.18 bits per heavy atom. The molecule has 0 spiro atoms. The summed E-state index contributed by atoms with van der Waals surface area (Å²) in [4.78, 5) is 12.0. The lowest BCUT2D eigenvalue weighted by Crippen LogP contribution is -2.20. The summed E-state index contributed by atoms with van der Waals surface area (Å²) in [5.74, 6) is 0.530. The molecule has 0 saturated carbocycles. The Morgan fingerprint density at radius 2 is 1.93 bits per heavy atom. The van der Waals surface area contributed by atoms with Crippen LogP contribution in [-0.4, -0.2) is 26.2 Å². The van der Waals surface area contributed by atoms with Gasteiger partial charge >= 0.3 is 6.61 Å². The first-order chi connectivity index (χ1) is 13.5. The van der Waals surface area contributed by atoms with Crippen molar-refractivity contribution in [3.8, 4) is 17.2 Å². The van der Waals surface area contributed by atoms with Crippen molar-refractivity contribution in [2.24, 2.45) is 0 Å². The van der Waals surface area contributed by atoms with E-state index in [1.54, 1.807) is 30.4 Å². The molecule has 1 amide bonds. The highest BCUT2D eigenvalue weighted by atomic mass is 19.3. The number of carbonyl (C=O) groups is 1. The second kappa shape index (κ2) is 10.7. The van der Waals surface area contributed by atoms with Crippen molar-refractivity contribution in [3.05, 3.63) is 72.3 Å². The van der Waals surface area contributed by atoms with E-state index in [0.717, 1.165) is 11.3 Å². The Morgan fingerprint density at radius 3 is 2.57 bits per heavy atom. The molecule has 0 saturated heterocycles. The highest BCUT2D eigenvalue weighted by Gasteiger charge is 2.11. The highest BCUT2D eigenvalue weighted by Crippen LogP contribution is 2.29. The van der Waals surface area contributed by atoms with Crippen molar-refractivity contribution < 1.29 is 27.8 Å². The Hall–Kier alpha value is -3.35. The quantitative estimate of drug-likeness (QED) is 0.489. The zero-order chi connectivity index (χ0) is 20.4. The third-order valence-corrected chi connectivity index (χ3v) is 3.59. The number of alkyl halides is 2. The number of nitrogens with one attached hydrogen (secondary N) is 1. The molecule has 0 bridgehead atoms. The summed E-state index contributed by atoms with van der Waals surface area (Å²) in [5.41, 5.74) is 1.53. The average molecular weight is 389 g/mol. The van der Waals surface area contributed by atoms with E-state index in [0.29, 0.717) is 12.2 Å². The maximum Gasteiger partial charge on any atom is 0.387 e.